The van der Waals surface area contributed by atoms with E-state index in [1.165, 1.54) is 6.07 Å². The van der Waals surface area contributed by atoms with Gasteiger partial charge in [0.2, 0.25) is 12.3 Å². The van der Waals surface area contributed by atoms with Crippen LogP contribution in [0.5, 0.6) is 5.88 Å². The fourth-order valence-electron chi connectivity index (χ4n) is 3.47. The van der Waals surface area contributed by atoms with Gasteiger partial charge >= 0.3 is 6.18 Å². The van der Waals surface area contributed by atoms with E-state index in [9.17, 15) is 18.0 Å². The minimum Gasteiger partial charge on any atom is -0.474 e. The van der Waals surface area contributed by atoms with Gasteiger partial charge in [-0.05, 0) is 38.7 Å². The van der Waals surface area contributed by atoms with Crippen LogP contribution in [0, 0.1) is 12.3 Å². The van der Waals surface area contributed by atoms with Gasteiger partial charge in [0.25, 0.3) is 0 Å². The zero-order chi connectivity index (χ0) is 16.7. The summed E-state index contributed by atoms with van der Waals surface area (Å²) < 4.78 is 44.0. The van der Waals surface area contributed by atoms with Gasteiger partial charge < -0.3 is 9.64 Å². The summed E-state index contributed by atoms with van der Waals surface area (Å²) in [5.74, 6) is 0.0731. The smallest absolute Gasteiger partial charge is 0.433 e. The number of amides is 1. The van der Waals surface area contributed by atoms with E-state index in [2.05, 4.69) is 4.98 Å². The molecule has 4 nitrogen and oxygen atoms in total. The molecule has 1 aromatic heterocycles. The van der Waals surface area contributed by atoms with Gasteiger partial charge in [-0.1, -0.05) is 6.07 Å². The van der Waals surface area contributed by atoms with E-state index in [1.807, 2.05) is 0 Å². The maximum absolute atomic E-state index is 12.8. The lowest BCUT2D eigenvalue weighted by molar-refractivity contribution is -0.141. The second-order valence-corrected chi connectivity index (χ2v) is 6.64. The Morgan fingerprint density at radius 2 is 1.96 bits per heavy atom. The number of carbonyl (C=O) groups is 1. The molecule has 1 aliphatic heterocycles. The van der Waals surface area contributed by atoms with E-state index < -0.39 is 11.9 Å². The monoisotopic (exact) mass is 328 g/mol. The highest BCUT2D eigenvalue weighted by Gasteiger charge is 2.45. The summed E-state index contributed by atoms with van der Waals surface area (Å²) in [5, 5.41) is 0. The summed E-state index contributed by atoms with van der Waals surface area (Å²) in [4.78, 5) is 16.1. The number of ether oxygens (including phenoxy) is 1. The SMILES string of the molecule is Cc1ccc(C(F)(F)F)nc1OC1CCC2(CC1)CN(C=O)C2. The van der Waals surface area contributed by atoms with Crippen LogP contribution in [0.25, 0.3) is 0 Å². The summed E-state index contributed by atoms with van der Waals surface area (Å²) in [6, 6.07) is 2.36. The van der Waals surface area contributed by atoms with Gasteiger partial charge in [-0.25, -0.2) is 4.98 Å². The van der Waals surface area contributed by atoms with Crippen molar-refractivity contribution in [2.24, 2.45) is 5.41 Å². The van der Waals surface area contributed by atoms with Crippen LogP contribution in [0.3, 0.4) is 0 Å². The van der Waals surface area contributed by atoms with Gasteiger partial charge in [-0.15, -0.1) is 0 Å². The highest BCUT2D eigenvalue weighted by atomic mass is 19.4. The van der Waals surface area contributed by atoms with Crippen molar-refractivity contribution in [3.63, 3.8) is 0 Å². The molecule has 0 aromatic carbocycles. The Balaban J connectivity index is 1.62. The van der Waals surface area contributed by atoms with E-state index >= 15 is 0 Å². The van der Waals surface area contributed by atoms with Crippen molar-refractivity contribution in [3.8, 4) is 5.88 Å². The fraction of sp³-hybridized carbons (Fsp3) is 0.625. The van der Waals surface area contributed by atoms with Crippen molar-refractivity contribution in [2.45, 2.75) is 44.9 Å². The normalized spacial score (nSPS) is 21.1. The number of pyridine rings is 1. The van der Waals surface area contributed by atoms with Gasteiger partial charge in [0.1, 0.15) is 11.8 Å². The Hall–Kier alpha value is -1.79. The van der Waals surface area contributed by atoms with Crippen molar-refractivity contribution in [2.75, 3.05) is 13.1 Å². The van der Waals surface area contributed by atoms with Gasteiger partial charge in [-0.3, -0.25) is 4.79 Å². The second kappa shape index (κ2) is 5.69. The molecule has 0 unspecified atom stereocenters. The van der Waals surface area contributed by atoms with Crippen molar-refractivity contribution in [1.82, 2.24) is 9.88 Å². The molecule has 0 radical (unpaired) electrons. The number of aryl methyl sites for hydroxylation is 1. The van der Waals surface area contributed by atoms with Crippen LogP contribution in [0.15, 0.2) is 12.1 Å². The summed E-state index contributed by atoms with van der Waals surface area (Å²) in [6.45, 7) is 3.26. The summed E-state index contributed by atoms with van der Waals surface area (Å²) in [7, 11) is 0. The molecule has 1 aliphatic carbocycles. The van der Waals surface area contributed by atoms with Crippen LogP contribution in [-0.4, -0.2) is 35.5 Å². The van der Waals surface area contributed by atoms with E-state index in [0.717, 1.165) is 51.2 Å². The molecule has 0 N–H and O–H groups in total. The third-order valence-corrected chi connectivity index (χ3v) is 4.84. The summed E-state index contributed by atoms with van der Waals surface area (Å²) in [6.07, 6.45) is -0.287. The molecule has 2 fully saturated rings. The Kier molecular flexibility index (Phi) is 3.98. The molecule has 23 heavy (non-hydrogen) atoms. The maximum atomic E-state index is 12.8. The quantitative estimate of drug-likeness (QED) is 0.800. The Morgan fingerprint density at radius 1 is 1.30 bits per heavy atom. The van der Waals surface area contributed by atoms with Gasteiger partial charge in [0.15, 0.2) is 0 Å². The van der Waals surface area contributed by atoms with Crippen LogP contribution >= 0.6 is 0 Å². The van der Waals surface area contributed by atoms with E-state index in [4.69, 9.17) is 4.74 Å². The van der Waals surface area contributed by atoms with Crippen molar-refractivity contribution >= 4 is 6.41 Å². The molecular formula is C16H19F3N2O2. The van der Waals surface area contributed by atoms with Crippen molar-refractivity contribution < 1.29 is 22.7 Å². The molecular weight excluding hydrogens is 309 g/mol. The molecule has 0 atom stereocenters. The predicted molar refractivity (Wildman–Crippen MR) is 76.9 cm³/mol. The third-order valence-electron chi connectivity index (χ3n) is 4.84. The number of nitrogens with zero attached hydrogens (tertiary/aromatic N) is 2. The molecule has 1 spiro atoms. The molecule has 3 rings (SSSR count). The lowest BCUT2D eigenvalue weighted by Gasteiger charge is -2.51. The van der Waals surface area contributed by atoms with Crippen LogP contribution in [0.1, 0.15) is 36.9 Å². The largest absolute Gasteiger partial charge is 0.474 e. The number of aromatic nitrogens is 1. The fourth-order valence-corrected chi connectivity index (χ4v) is 3.47. The number of hydrogen-bond acceptors (Lipinski definition) is 3. The minimum absolute atomic E-state index is 0.0731. The van der Waals surface area contributed by atoms with Crippen molar-refractivity contribution in [3.05, 3.63) is 23.4 Å². The molecule has 7 heteroatoms. The first-order chi connectivity index (χ1) is 10.8. The van der Waals surface area contributed by atoms with Gasteiger partial charge in [0, 0.05) is 24.1 Å². The molecule has 2 heterocycles. The van der Waals surface area contributed by atoms with Crippen molar-refractivity contribution in [1.29, 1.82) is 0 Å². The third kappa shape index (κ3) is 3.28. The van der Waals surface area contributed by atoms with Crippen LogP contribution in [0.2, 0.25) is 0 Å². The summed E-state index contributed by atoms with van der Waals surface area (Å²) >= 11 is 0. The van der Waals surface area contributed by atoms with Gasteiger partial charge in [0.05, 0.1) is 0 Å². The van der Waals surface area contributed by atoms with E-state index in [-0.39, 0.29) is 17.4 Å². The number of rotatable bonds is 3. The number of likely N-dealkylation sites (tertiary alicyclic amines) is 1. The topological polar surface area (TPSA) is 42.4 Å². The number of hydrogen-bond donors (Lipinski definition) is 0. The average molecular weight is 328 g/mol. The zero-order valence-corrected chi connectivity index (χ0v) is 12.9. The molecule has 0 bridgehead atoms. The highest BCUT2D eigenvalue weighted by Crippen LogP contribution is 2.44. The second-order valence-electron chi connectivity index (χ2n) is 6.64. The average Bonchev–Trinajstić information content (AvgIpc) is 2.47. The molecule has 1 aromatic rings. The zero-order valence-electron chi connectivity index (χ0n) is 12.9. The first kappa shape index (κ1) is 16.1. The van der Waals surface area contributed by atoms with Crippen LogP contribution < -0.4 is 4.74 Å². The lowest BCUT2D eigenvalue weighted by Crippen LogP contribution is -2.57. The van der Waals surface area contributed by atoms with E-state index in [0.29, 0.717) is 5.56 Å². The Morgan fingerprint density at radius 3 is 2.52 bits per heavy atom. The number of alkyl halides is 3. The van der Waals surface area contributed by atoms with Crippen LogP contribution in [-0.2, 0) is 11.0 Å². The molecule has 1 saturated heterocycles. The van der Waals surface area contributed by atoms with Crippen LogP contribution in [0.4, 0.5) is 13.2 Å². The molecule has 2 aliphatic rings. The van der Waals surface area contributed by atoms with Gasteiger partial charge in [-0.2, -0.15) is 13.2 Å². The molecule has 1 saturated carbocycles. The summed E-state index contributed by atoms with van der Waals surface area (Å²) in [5.41, 5.74) is -0.128. The minimum atomic E-state index is -4.47. The highest BCUT2D eigenvalue weighted by molar-refractivity contribution is 5.49. The predicted octanol–water partition coefficient (Wildman–Crippen LogP) is 3.19. The molecule has 126 valence electrons. The number of halogens is 3. The molecule has 1 amide bonds. The Bertz CT molecular complexity index is 587. The first-order valence-electron chi connectivity index (χ1n) is 7.72. The standard InChI is InChI=1S/C16H19F3N2O2/c1-11-2-3-13(16(17,18)19)20-14(11)23-12-4-6-15(7-5-12)8-21(9-15)10-22/h2-3,10,12H,4-9H2,1H3. The Labute approximate surface area is 132 Å². The van der Waals surface area contributed by atoms with E-state index in [1.54, 1.807) is 11.8 Å². The lowest BCUT2D eigenvalue weighted by atomic mass is 9.68. The number of carbonyl (C=O) groups excluding carboxylic acids is 1. The first-order valence-corrected chi connectivity index (χ1v) is 7.72. The maximum Gasteiger partial charge on any atom is 0.433 e.